The number of amides is 2. The van der Waals surface area contributed by atoms with Crippen molar-refractivity contribution in [1.29, 1.82) is 0 Å². The van der Waals surface area contributed by atoms with Gasteiger partial charge >= 0.3 is 0 Å². The van der Waals surface area contributed by atoms with Crippen molar-refractivity contribution in [2.24, 2.45) is 11.3 Å². The van der Waals surface area contributed by atoms with E-state index >= 15 is 0 Å². The Morgan fingerprint density at radius 3 is 2.39 bits per heavy atom. The van der Waals surface area contributed by atoms with Gasteiger partial charge in [0.2, 0.25) is 11.8 Å². The summed E-state index contributed by atoms with van der Waals surface area (Å²) in [5.74, 6) is -0.328. The van der Waals surface area contributed by atoms with Gasteiger partial charge in [-0.3, -0.25) is 14.9 Å². The zero-order valence-electron chi connectivity index (χ0n) is 11.1. The van der Waals surface area contributed by atoms with E-state index in [0.717, 1.165) is 5.56 Å². The van der Waals surface area contributed by atoms with E-state index in [9.17, 15) is 9.59 Å². The zero-order valence-corrected chi connectivity index (χ0v) is 11.1. The molecule has 0 aliphatic carbocycles. The molecular formula is C15H19NO2. The van der Waals surface area contributed by atoms with Gasteiger partial charge in [0.25, 0.3) is 0 Å². The number of hydrogen-bond acceptors (Lipinski definition) is 2. The number of nitrogens with one attached hydrogen (secondary N) is 1. The fraction of sp³-hybridized carbons (Fsp3) is 0.467. The van der Waals surface area contributed by atoms with Crippen molar-refractivity contribution in [2.75, 3.05) is 0 Å². The lowest BCUT2D eigenvalue weighted by molar-refractivity contribution is -0.141. The average Bonchev–Trinajstić information content (AvgIpc) is 2.28. The normalized spacial score (nSPS) is 28.3. The van der Waals surface area contributed by atoms with E-state index in [-0.39, 0.29) is 29.1 Å². The van der Waals surface area contributed by atoms with Crippen LogP contribution in [0.5, 0.6) is 0 Å². The Bertz CT molecular complexity index is 467. The van der Waals surface area contributed by atoms with Crippen molar-refractivity contribution in [3.63, 3.8) is 0 Å². The third-order valence-electron chi connectivity index (χ3n) is 4.18. The molecule has 3 nitrogen and oxygen atoms in total. The molecule has 1 aromatic rings. The molecule has 96 valence electrons. The number of carbonyl (C=O) groups excluding carboxylic acids is 2. The maximum absolute atomic E-state index is 12.2. The smallest absolute Gasteiger partial charge is 0.234 e. The number of benzene rings is 1. The quantitative estimate of drug-likeness (QED) is 0.814. The van der Waals surface area contributed by atoms with Crippen molar-refractivity contribution in [1.82, 2.24) is 5.32 Å². The first kappa shape index (κ1) is 12.8. The molecule has 1 N–H and O–H groups in total. The molecule has 0 radical (unpaired) electrons. The second-order valence-corrected chi connectivity index (χ2v) is 5.59. The van der Waals surface area contributed by atoms with Gasteiger partial charge < -0.3 is 0 Å². The fourth-order valence-corrected chi connectivity index (χ4v) is 2.72. The SMILES string of the molecule is CC(C)C1(C)CC(=O)NC(=O)C1c1ccccc1. The number of imide groups is 1. The van der Waals surface area contributed by atoms with Gasteiger partial charge in [0.15, 0.2) is 0 Å². The Morgan fingerprint density at radius 1 is 1.22 bits per heavy atom. The van der Waals surface area contributed by atoms with Gasteiger partial charge in [0.05, 0.1) is 5.92 Å². The van der Waals surface area contributed by atoms with Crippen LogP contribution in [0, 0.1) is 11.3 Å². The molecule has 0 spiro atoms. The summed E-state index contributed by atoms with van der Waals surface area (Å²) < 4.78 is 0. The van der Waals surface area contributed by atoms with E-state index in [1.54, 1.807) is 0 Å². The molecule has 2 atom stereocenters. The van der Waals surface area contributed by atoms with Gasteiger partial charge in [-0.15, -0.1) is 0 Å². The first-order valence-electron chi connectivity index (χ1n) is 6.34. The van der Waals surface area contributed by atoms with Crippen molar-refractivity contribution < 1.29 is 9.59 Å². The first-order chi connectivity index (χ1) is 8.45. The van der Waals surface area contributed by atoms with Crippen molar-refractivity contribution in [3.05, 3.63) is 35.9 Å². The third kappa shape index (κ3) is 2.05. The highest BCUT2D eigenvalue weighted by atomic mass is 16.2. The fourth-order valence-electron chi connectivity index (χ4n) is 2.72. The zero-order chi connectivity index (χ0) is 13.3. The summed E-state index contributed by atoms with van der Waals surface area (Å²) in [4.78, 5) is 23.8. The van der Waals surface area contributed by atoms with Crippen LogP contribution in [0.25, 0.3) is 0 Å². The molecular weight excluding hydrogens is 226 g/mol. The summed E-state index contributed by atoms with van der Waals surface area (Å²) in [6.45, 7) is 6.18. The monoisotopic (exact) mass is 245 g/mol. The highest BCUT2D eigenvalue weighted by Crippen LogP contribution is 2.46. The largest absolute Gasteiger partial charge is 0.296 e. The number of piperidine rings is 1. The maximum Gasteiger partial charge on any atom is 0.234 e. The lowest BCUT2D eigenvalue weighted by Crippen LogP contribution is -2.51. The van der Waals surface area contributed by atoms with E-state index in [1.807, 2.05) is 37.3 Å². The molecule has 0 aromatic heterocycles. The summed E-state index contributed by atoms with van der Waals surface area (Å²) >= 11 is 0. The second-order valence-electron chi connectivity index (χ2n) is 5.59. The Hall–Kier alpha value is -1.64. The van der Waals surface area contributed by atoms with E-state index in [4.69, 9.17) is 0 Å². The van der Waals surface area contributed by atoms with Crippen LogP contribution in [0.4, 0.5) is 0 Å². The molecule has 2 amide bonds. The van der Waals surface area contributed by atoms with Gasteiger partial charge in [-0.2, -0.15) is 0 Å². The molecule has 3 heteroatoms. The lowest BCUT2D eigenvalue weighted by atomic mass is 9.62. The van der Waals surface area contributed by atoms with Crippen molar-refractivity contribution >= 4 is 11.8 Å². The first-order valence-corrected chi connectivity index (χ1v) is 6.34. The van der Waals surface area contributed by atoms with Crippen LogP contribution in [0.1, 0.15) is 38.7 Å². The minimum Gasteiger partial charge on any atom is -0.296 e. The summed E-state index contributed by atoms with van der Waals surface area (Å²) in [6.07, 6.45) is 0.399. The molecule has 1 heterocycles. The van der Waals surface area contributed by atoms with Crippen LogP contribution < -0.4 is 5.32 Å². The molecule has 2 rings (SSSR count). The van der Waals surface area contributed by atoms with Gasteiger partial charge in [-0.05, 0) is 16.9 Å². The van der Waals surface area contributed by atoms with Crippen LogP contribution in [-0.4, -0.2) is 11.8 Å². The molecule has 2 unspecified atom stereocenters. The highest BCUT2D eigenvalue weighted by molar-refractivity contribution is 6.02. The molecule has 1 aliphatic heterocycles. The van der Waals surface area contributed by atoms with Crippen LogP contribution in [0.2, 0.25) is 0 Å². The van der Waals surface area contributed by atoms with Gasteiger partial charge in [0.1, 0.15) is 0 Å². The van der Waals surface area contributed by atoms with Crippen LogP contribution in [-0.2, 0) is 9.59 Å². The summed E-state index contributed by atoms with van der Waals surface area (Å²) in [5, 5.41) is 2.46. The Morgan fingerprint density at radius 2 is 1.83 bits per heavy atom. The van der Waals surface area contributed by atoms with E-state index in [1.165, 1.54) is 0 Å². The molecule has 0 saturated carbocycles. The minimum atomic E-state index is -0.319. The molecule has 1 aliphatic rings. The second kappa shape index (κ2) is 4.56. The van der Waals surface area contributed by atoms with Crippen LogP contribution in [0.15, 0.2) is 30.3 Å². The maximum atomic E-state index is 12.2. The highest BCUT2D eigenvalue weighted by Gasteiger charge is 2.47. The van der Waals surface area contributed by atoms with Crippen molar-refractivity contribution in [2.45, 2.75) is 33.1 Å². The Kier molecular flexibility index (Phi) is 3.24. The summed E-state index contributed by atoms with van der Waals surface area (Å²) in [6, 6.07) is 9.71. The Labute approximate surface area is 108 Å². The third-order valence-corrected chi connectivity index (χ3v) is 4.18. The molecule has 0 bridgehead atoms. The Balaban J connectivity index is 2.47. The molecule has 1 fully saturated rings. The summed E-state index contributed by atoms with van der Waals surface area (Å²) in [5.41, 5.74) is 0.666. The van der Waals surface area contributed by atoms with Gasteiger partial charge in [-0.25, -0.2) is 0 Å². The van der Waals surface area contributed by atoms with E-state index in [0.29, 0.717) is 6.42 Å². The lowest BCUT2D eigenvalue weighted by Gasteiger charge is -2.43. The van der Waals surface area contributed by atoms with Crippen LogP contribution in [0.3, 0.4) is 0 Å². The van der Waals surface area contributed by atoms with E-state index in [2.05, 4.69) is 19.2 Å². The van der Waals surface area contributed by atoms with Crippen molar-refractivity contribution in [3.8, 4) is 0 Å². The topological polar surface area (TPSA) is 46.2 Å². The number of carbonyl (C=O) groups is 2. The van der Waals surface area contributed by atoms with E-state index < -0.39 is 0 Å². The summed E-state index contributed by atoms with van der Waals surface area (Å²) in [7, 11) is 0. The average molecular weight is 245 g/mol. The van der Waals surface area contributed by atoms with Crippen LogP contribution >= 0.6 is 0 Å². The standard InChI is InChI=1S/C15H19NO2/c1-10(2)15(3)9-12(17)16-14(18)13(15)11-7-5-4-6-8-11/h4-8,10,13H,9H2,1-3H3,(H,16,17,18). The van der Waals surface area contributed by atoms with Gasteiger partial charge in [-0.1, -0.05) is 51.1 Å². The molecule has 18 heavy (non-hydrogen) atoms. The predicted octanol–water partition coefficient (Wildman–Crippen LogP) is 2.48. The predicted molar refractivity (Wildman–Crippen MR) is 69.9 cm³/mol. The molecule has 1 aromatic carbocycles. The minimum absolute atomic E-state index is 0.164. The number of hydrogen-bond donors (Lipinski definition) is 1. The number of rotatable bonds is 2. The molecule has 1 saturated heterocycles. The van der Waals surface area contributed by atoms with Gasteiger partial charge in [0, 0.05) is 6.42 Å².